The minimum Gasteiger partial charge on any atom is -0.480 e. The maximum Gasteiger partial charge on any atom is 0.329 e. The maximum atomic E-state index is 12.3. The summed E-state index contributed by atoms with van der Waals surface area (Å²) in [6.07, 6.45) is 1.51. The largest absolute Gasteiger partial charge is 0.480 e. The standard InChI is InChI=1S/C18H15Cl2N3O4/c1-9-6-11(7-13-17(26)22(8-15(24)25)18(27)21-13)10(2)23(9)14-5-3-4-12(19)16(14)20/h3-7H,8H2,1-2H3,(H,21,27)(H,24,25)/b13-7+. The molecule has 0 aliphatic carbocycles. The number of imide groups is 1. The van der Waals surface area contributed by atoms with E-state index in [4.69, 9.17) is 28.3 Å². The molecule has 0 spiro atoms. The zero-order valence-electron chi connectivity index (χ0n) is 14.4. The molecular formula is C18H15Cl2N3O4. The molecule has 2 N–H and O–H groups in total. The average Bonchev–Trinajstić information content (AvgIpc) is 3.01. The number of nitrogens with one attached hydrogen (secondary N) is 1. The van der Waals surface area contributed by atoms with Crippen molar-refractivity contribution in [2.24, 2.45) is 0 Å². The molecule has 1 saturated heterocycles. The molecule has 27 heavy (non-hydrogen) atoms. The minimum atomic E-state index is -1.27. The van der Waals surface area contributed by atoms with E-state index in [1.54, 1.807) is 12.1 Å². The number of urea groups is 1. The number of hydrogen-bond donors (Lipinski definition) is 2. The van der Waals surface area contributed by atoms with E-state index in [1.165, 1.54) is 6.08 Å². The molecule has 3 rings (SSSR count). The number of hydrogen-bond acceptors (Lipinski definition) is 3. The monoisotopic (exact) mass is 407 g/mol. The zero-order valence-corrected chi connectivity index (χ0v) is 15.9. The van der Waals surface area contributed by atoms with Crippen molar-refractivity contribution in [3.05, 3.63) is 57.0 Å². The highest BCUT2D eigenvalue weighted by Gasteiger charge is 2.35. The summed E-state index contributed by atoms with van der Waals surface area (Å²) in [6, 6.07) is 6.36. The van der Waals surface area contributed by atoms with Gasteiger partial charge in [-0.25, -0.2) is 9.69 Å². The van der Waals surface area contributed by atoms with Crippen LogP contribution in [0, 0.1) is 13.8 Å². The molecule has 9 heteroatoms. The van der Waals surface area contributed by atoms with Crippen LogP contribution in [0.15, 0.2) is 30.0 Å². The maximum absolute atomic E-state index is 12.3. The average molecular weight is 408 g/mol. The summed E-state index contributed by atoms with van der Waals surface area (Å²) in [5.74, 6) is -1.96. The Morgan fingerprint density at radius 3 is 2.63 bits per heavy atom. The molecule has 0 radical (unpaired) electrons. The van der Waals surface area contributed by atoms with E-state index in [-0.39, 0.29) is 5.70 Å². The number of rotatable bonds is 4. The van der Waals surface area contributed by atoms with Gasteiger partial charge in [0, 0.05) is 11.4 Å². The number of carbonyl (C=O) groups is 3. The van der Waals surface area contributed by atoms with Gasteiger partial charge in [-0.2, -0.15) is 0 Å². The number of nitrogens with zero attached hydrogens (tertiary/aromatic N) is 2. The molecule has 1 fully saturated rings. The Labute approximate surface area is 164 Å². The van der Waals surface area contributed by atoms with E-state index in [0.717, 1.165) is 11.4 Å². The molecule has 0 atom stereocenters. The molecule has 0 unspecified atom stereocenters. The molecular weight excluding hydrogens is 393 g/mol. The number of carboxylic acids is 1. The number of carbonyl (C=O) groups excluding carboxylic acids is 2. The van der Waals surface area contributed by atoms with Gasteiger partial charge in [0.05, 0.1) is 15.7 Å². The van der Waals surface area contributed by atoms with Crippen LogP contribution in [0.1, 0.15) is 17.0 Å². The summed E-state index contributed by atoms with van der Waals surface area (Å²) in [5, 5.41) is 12.0. The van der Waals surface area contributed by atoms with E-state index in [0.29, 0.717) is 26.2 Å². The summed E-state index contributed by atoms with van der Waals surface area (Å²) in [4.78, 5) is 35.6. The van der Waals surface area contributed by atoms with Gasteiger partial charge in [0.2, 0.25) is 0 Å². The third kappa shape index (κ3) is 3.43. The first-order valence-electron chi connectivity index (χ1n) is 7.90. The van der Waals surface area contributed by atoms with E-state index in [1.807, 2.05) is 30.5 Å². The van der Waals surface area contributed by atoms with Crippen molar-refractivity contribution in [3.8, 4) is 5.69 Å². The summed E-state index contributed by atoms with van der Waals surface area (Å²) >= 11 is 12.4. The molecule has 2 heterocycles. The van der Waals surface area contributed by atoms with Crippen LogP contribution in [-0.4, -0.2) is 39.0 Å². The molecule has 1 aliphatic heterocycles. The molecule has 1 aromatic heterocycles. The molecule has 0 saturated carbocycles. The lowest BCUT2D eigenvalue weighted by Gasteiger charge is -2.12. The zero-order chi connectivity index (χ0) is 19.9. The molecule has 1 aromatic carbocycles. The van der Waals surface area contributed by atoms with E-state index in [2.05, 4.69) is 5.32 Å². The number of amides is 3. The van der Waals surface area contributed by atoms with Crippen molar-refractivity contribution in [2.75, 3.05) is 6.54 Å². The molecule has 1 aliphatic rings. The van der Waals surface area contributed by atoms with Gasteiger partial charge in [0.15, 0.2) is 0 Å². The quantitative estimate of drug-likeness (QED) is 0.600. The van der Waals surface area contributed by atoms with Gasteiger partial charge in [-0.05, 0) is 43.7 Å². The highest BCUT2D eigenvalue weighted by Crippen LogP contribution is 2.32. The van der Waals surface area contributed by atoms with Gasteiger partial charge in [0.25, 0.3) is 5.91 Å². The second-order valence-electron chi connectivity index (χ2n) is 6.01. The number of carboxylic acid groups (broad SMARTS) is 1. The summed E-state index contributed by atoms with van der Waals surface area (Å²) in [7, 11) is 0. The van der Waals surface area contributed by atoms with Crippen molar-refractivity contribution >= 4 is 47.2 Å². The minimum absolute atomic E-state index is 0.0127. The second-order valence-corrected chi connectivity index (χ2v) is 6.79. The van der Waals surface area contributed by atoms with E-state index < -0.39 is 24.5 Å². The predicted octanol–water partition coefficient (Wildman–Crippen LogP) is 3.38. The number of aromatic nitrogens is 1. The second kappa shape index (κ2) is 7.09. The molecule has 0 bridgehead atoms. The van der Waals surface area contributed by atoms with E-state index >= 15 is 0 Å². The Morgan fingerprint density at radius 1 is 1.26 bits per heavy atom. The van der Waals surface area contributed by atoms with Crippen LogP contribution < -0.4 is 5.32 Å². The van der Waals surface area contributed by atoms with Crippen molar-refractivity contribution in [1.82, 2.24) is 14.8 Å². The molecule has 3 amide bonds. The smallest absolute Gasteiger partial charge is 0.329 e. The SMILES string of the molecule is Cc1cc(/C=C2/NC(=O)N(CC(=O)O)C2=O)c(C)n1-c1cccc(Cl)c1Cl. The van der Waals surface area contributed by atoms with Crippen LogP contribution in [0.2, 0.25) is 10.0 Å². The van der Waals surface area contributed by atoms with E-state index in [9.17, 15) is 14.4 Å². The fourth-order valence-electron chi connectivity index (χ4n) is 2.98. The highest BCUT2D eigenvalue weighted by atomic mass is 35.5. The first-order chi connectivity index (χ1) is 12.7. The Bertz CT molecular complexity index is 1010. The molecule has 140 valence electrons. The van der Waals surface area contributed by atoms with Crippen LogP contribution >= 0.6 is 23.2 Å². The third-order valence-electron chi connectivity index (χ3n) is 4.20. The molecule has 2 aromatic rings. The van der Waals surface area contributed by atoms with Crippen LogP contribution in [-0.2, 0) is 9.59 Å². The number of aliphatic carboxylic acids is 1. The van der Waals surface area contributed by atoms with Crippen LogP contribution in [0.3, 0.4) is 0 Å². The fourth-order valence-corrected chi connectivity index (χ4v) is 3.36. The summed E-state index contributed by atoms with van der Waals surface area (Å²) in [5.41, 5.74) is 3.02. The number of halogens is 2. The third-order valence-corrected chi connectivity index (χ3v) is 5.01. The van der Waals surface area contributed by atoms with Crippen molar-refractivity contribution < 1.29 is 19.5 Å². The number of benzene rings is 1. The van der Waals surface area contributed by atoms with Gasteiger partial charge in [0.1, 0.15) is 12.2 Å². The molecule has 7 nitrogen and oxygen atoms in total. The topological polar surface area (TPSA) is 91.6 Å². The van der Waals surface area contributed by atoms with Gasteiger partial charge in [-0.3, -0.25) is 9.59 Å². The summed E-state index contributed by atoms with van der Waals surface area (Å²) in [6.45, 7) is 3.02. The van der Waals surface area contributed by atoms with Crippen molar-refractivity contribution in [2.45, 2.75) is 13.8 Å². The van der Waals surface area contributed by atoms with Crippen molar-refractivity contribution in [1.29, 1.82) is 0 Å². The summed E-state index contributed by atoms with van der Waals surface area (Å²) < 4.78 is 1.89. The first kappa shape index (κ1) is 19.0. The van der Waals surface area contributed by atoms with Crippen molar-refractivity contribution in [3.63, 3.8) is 0 Å². The van der Waals surface area contributed by atoms with Crippen LogP contribution in [0.5, 0.6) is 0 Å². The van der Waals surface area contributed by atoms with Gasteiger partial charge in [-0.15, -0.1) is 0 Å². The van der Waals surface area contributed by atoms with Gasteiger partial charge < -0.3 is 15.0 Å². The van der Waals surface area contributed by atoms with Crippen LogP contribution in [0.4, 0.5) is 4.79 Å². The first-order valence-corrected chi connectivity index (χ1v) is 8.66. The lowest BCUT2D eigenvalue weighted by atomic mass is 10.2. The Kier molecular flexibility index (Phi) is 4.99. The normalized spacial score (nSPS) is 15.6. The predicted molar refractivity (Wildman–Crippen MR) is 101 cm³/mol. The lowest BCUT2D eigenvalue weighted by Crippen LogP contribution is -2.35. The fraction of sp³-hybridized carbons (Fsp3) is 0.167. The Hall–Kier alpha value is -2.77. The van der Waals surface area contributed by atoms with Gasteiger partial charge in [-0.1, -0.05) is 29.3 Å². The van der Waals surface area contributed by atoms with Crippen LogP contribution in [0.25, 0.3) is 11.8 Å². The lowest BCUT2D eigenvalue weighted by molar-refractivity contribution is -0.140. The number of aryl methyl sites for hydroxylation is 1. The highest BCUT2D eigenvalue weighted by molar-refractivity contribution is 6.43. The van der Waals surface area contributed by atoms with Gasteiger partial charge >= 0.3 is 12.0 Å². The Balaban J connectivity index is 2.02. The Morgan fingerprint density at radius 2 is 1.96 bits per heavy atom.